The van der Waals surface area contributed by atoms with Gasteiger partial charge in [0.1, 0.15) is 5.75 Å². The van der Waals surface area contributed by atoms with Gasteiger partial charge in [-0.25, -0.2) is 0 Å². The first-order chi connectivity index (χ1) is 7.08. The molecule has 5 heteroatoms. The molecule has 0 spiro atoms. The Morgan fingerprint density at radius 3 is 2.73 bits per heavy atom. The van der Waals surface area contributed by atoms with Crippen molar-refractivity contribution in [1.82, 2.24) is 0 Å². The summed E-state index contributed by atoms with van der Waals surface area (Å²) in [4.78, 5) is 10.6. The third-order valence-corrected chi connectivity index (χ3v) is 2.90. The van der Waals surface area contributed by atoms with Gasteiger partial charge >= 0.3 is 5.97 Å². The predicted molar refractivity (Wildman–Crippen MR) is 62.0 cm³/mol. The summed E-state index contributed by atoms with van der Waals surface area (Å²) in [6.07, 6.45) is -0.134. The molecule has 0 aromatic heterocycles. The van der Waals surface area contributed by atoms with Crippen LogP contribution in [0.15, 0.2) is 12.1 Å². The zero-order valence-corrected chi connectivity index (χ0v) is 10.4. The molecule has 1 aromatic carbocycles. The minimum atomic E-state index is -0.929. The van der Waals surface area contributed by atoms with Crippen molar-refractivity contribution >= 4 is 33.5 Å². The van der Waals surface area contributed by atoms with Crippen LogP contribution in [0.4, 0.5) is 0 Å². The van der Waals surface area contributed by atoms with Gasteiger partial charge < -0.3 is 9.84 Å². The van der Waals surface area contributed by atoms with Crippen LogP contribution >= 0.6 is 27.5 Å². The van der Waals surface area contributed by atoms with Crippen molar-refractivity contribution in [2.24, 2.45) is 0 Å². The van der Waals surface area contributed by atoms with E-state index in [1.54, 1.807) is 12.1 Å². The van der Waals surface area contributed by atoms with Gasteiger partial charge in [0.05, 0.1) is 13.5 Å². The Morgan fingerprint density at radius 1 is 1.60 bits per heavy atom. The molecule has 0 heterocycles. The molecule has 1 N–H and O–H groups in total. The Morgan fingerprint density at radius 2 is 2.27 bits per heavy atom. The van der Waals surface area contributed by atoms with E-state index < -0.39 is 5.97 Å². The average molecular weight is 294 g/mol. The molecular formula is C10H10BrClO3. The Kier molecular flexibility index (Phi) is 4.42. The van der Waals surface area contributed by atoms with E-state index in [0.29, 0.717) is 21.7 Å². The number of hydrogen-bond donors (Lipinski definition) is 1. The van der Waals surface area contributed by atoms with Crippen LogP contribution in [0, 0.1) is 0 Å². The molecule has 0 aliphatic carbocycles. The number of benzene rings is 1. The van der Waals surface area contributed by atoms with Crippen LogP contribution in [0.5, 0.6) is 5.75 Å². The molecule has 0 radical (unpaired) electrons. The van der Waals surface area contributed by atoms with Gasteiger partial charge in [-0.3, -0.25) is 4.79 Å². The van der Waals surface area contributed by atoms with E-state index in [-0.39, 0.29) is 6.42 Å². The lowest BCUT2D eigenvalue weighted by Gasteiger charge is -2.10. The quantitative estimate of drug-likeness (QED) is 0.868. The Bertz CT molecular complexity index is 379. The number of carbonyl (C=O) groups is 1. The van der Waals surface area contributed by atoms with Crippen molar-refractivity contribution in [1.29, 1.82) is 0 Å². The highest BCUT2D eigenvalue weighted by atomic mass is 79.9. The molecule has 0 amide bonds. The lowest BCUT2D eigenvalue weighted by Crippen LogP contribution is -2.03. The van der Waals surface area contributed by atoms with Gasteiger partial charge in [-0.1, -0.05) is 27.5 Å². The van der Waals surface area contributed by atoms with Crippen LogP contribution in [0.2, 0.25) is 5.02 Å². The molecule has 82 valence electrons. The molecule has 1 aromatic rings. The number of halogens is 2. The van der Waals surface area contributed by atoms with E-state index >= 15 is 0 Å². The van der Waals surface area contributed by atoms with Crippen molar-refractivity contribution in [3.63, 3.8) is 0 Å². The van der Waals surface area contributed by atoms with Crippen molar-refractivity contribution in [2.75, 3.05) is 7.11 Å². The number of aliphatic carboxylic acids is 1. The molecule has 1 rings (SSSR count). The summed E-state index contributed by atoms with van der Waals surface area (Å²) in [5.41, 5.74) is 1.46. The highest BCUT2D eigenvalue weighted by molar-refractivity contribution is 9.08. The van der Waals surface area contributed by atoms with E-state index in [1.807, 2.05) is 0 Å². The summed E-state index contributed by atoms with van der Waals surface area (Å²) >= 11 is 9.27. The second-order valence-electron chi connectivity index (χ2n) is 2.96. The van der Waals surface area contributed by atoms with Crippen molar-refractivity contribution in [2.45, 2.75) is 11.8 Å². The molecule has 0 fully saturated rings. The summed E-state index contributed by atoms with van der Waals surface area (Å²) in [5.74, 6) is -0.416. The highest BCUT2D eigenvalue weighted by Crippen LogP contribution is 2.29. The molecule has 0 saturated heterocycles. The van der Waals surface area contributed by atoms with Crippen LogP contribution in [0.25, 0.3) is 0 Å². The van der Waals surface area contributed by atoms with Gasteiger partial charge in [-0.2, -0.15) is 0 Å². The van der Waals surface area contributed by atoms with E-state index in [1.165, 1.54) is 7.11 Å². The Hall–Kier alpha value is -0.740. The topological polar surface area (TPSA) is 46.5 Å². The van der Waals surface area contributed by atoms with Crippen LogP contribution in [-0.4, -0.2) is 18.2 Å². The summed E-state index contributed by atoms with van der Waals surface area (Å²) in [6, 6.07) is 3.51. The van der Waals surface area contributed by atoms with Gasteiger partial charge in [0.15, 0.2) is 0 Å². The number of ether oxygens (including phenoxy) is 1. The number of carboxylic acids is 1. The van der Waals surface area contributed by atoms with Crippen molar-refractivity contribution < 1.29 is 14.6 Å². The van der Waals surface area contributed by atoms with Crippen LogP contribution in [0.1, 0.15) is 11.1 Å². The van der Waals surface area contributed by atoms with E-state index in [4.69, 9.17) is 21.4 Å². The van der Waals surface area contributed by atoms with E-state index in [2.05, 4.69) is 15.9 Å². The summed E-state index contributed by atoms with van der Waals surface area (Å²) in [5, 5.41) is 9.79. The van der Waals surface area contributed by atoms with Gasteiger partial charge in [-0.15, -0.1) is 0 Å². The maximum atomic E-state index is 10.6. The molecule has 0 bridgehead atoms. The molecule has 0 unspecified atom stereocenters. The first kappa shape index (κ1) is 12.3. The second kappa shape index (κ2) is 5.37. The van der Waals surface area contributed by atoms with E-state index in [0.717, 1.165) is 5.56 Å². The molecular weight excluding hydrogens is 283 g/mol. The maximum absolute atomic E-state index is 10.6. The zero-order valence-electron chi connectivity index (χ0n) is 8.09. The third-order valence-electron chi connectivity index (χ3n) is 1.92. The maximum Gasteiger partial charge on any atom is 0.308 e. The minimum absolute atomic E-state index is 0.134. The normalized spacial score (nSPS) is 10.1. The fourth-order valence-corrected chi connectivity index (χ4v) is 1.87. The first-order valence-corrected chi connectivity index (χ1v) is 5.71. The monoisotopic (exact) mass is 292 g/mol. The molecule has 0 atom stereocenters. The van der Waals surface area contributed by atoms with Crippen LogP contribution in [-0.2, 0) is 16.5 Å². The zero-order chi connectivity index (χ0) is 11.4. The summed E-state index contributed by atoms with van der Waals surface area (Å²) < 4.78 is 5.10. The van der Waals surface area contributed by atoms with Gasteiger partial charge in [0.25, 0.3) is 0 Å². The summed E-state index contributed by atoms with van der Waals surface area (Å²) in [6.45, 7) is 0. The Balaban J connectivity index is 3.18. The molecule has 15 heavy (non-hydrogen) atoms. The molecule has 0 aliphatic heterocycles. The first-order valence-electron chi connectivity index (χ1n) is 4.21. The fraction of sp³-hybridized carbons (Fsp3) is 0.300. The lowest BCUT2D eigenvalue weighted by atomic mass is 10.1. The highest BCUT2D eigenvalue weighted by Gasteiger charge is 2.13. The number of methoxy groups -OCH3 is 1. The largest absolute Gasteiger partial charge is 0.496 e. The van der Waals surface area contributed by atoms with Crippen LogP contribution < -0.4 is 4.74 Å². The van der Waals surface area contributed by atoms with Gasteiger partial charge in [-0.05, 0) is 17.7 Å². The number of alkyl halides is 1. The Labute approximate surface area is 101 Å². The number of hydrogen-bond acceptors (Lipinski definition) is 2. The molecule has 0 saturated carbocycles. The van der Waals surface area contributed by atoms with Crippen molar-refractivity contribution in [3.05, 3.63) is 28.3 Å². The minimum Gasteiger partial charge on any atom is -0.496 e. The smallest absolute Gasteiger partial charge is 0.308 e. The lowest BCUT2D eigenvalue weighted by molar-refractivity contribution is -0.136. The number of rotatable bonds is 4. The summed E-state index contributed by atoms with van der Waals surface area (Å²) in [7, 11) is 1.50. The standard InChI is InChI=1S/C10H10BrClO3/c1-15-9-3-6(5-11)2-8(12)7(9)4-10(13)14/h2-3H,4-5H2,1H3,(H,13,14). The average Bonchev–Trinajstić information content (AvgIpc) is 2.20. The van der Waals surface area contributed by atoms with Gasteiger partial charge in [0, 0.05) is 15.9 Å². The molecule has 3 nitrogen and oxygen atoms in total. The predicted octanol–water partition coefficient (Wildman–Crippen LogP) is 2.87. The fourth-order valence-electron chi connectivity index (χ4n) is 1.25. The van der Waals surface area contributed by atoms with Crippen LogP contribution in [0.3, 0.4) is 0 Å². The van der Waals surface area contributed by atoms with E-state index in [9.17, 15) is 4.79 Å². The number of carboxylic acid groups (broad SMARTS) is 1. The second-order valence-corrected chi connectivity index (χ2v) is 3.93. The molecule has 0 aliphatic rings. The SMILES string of the molecule is COc1cc(CBr)cc(Cl)c1CC(=O)O. The third kappa shape index (κ3) is 3.11. The van der Waals surface area contributed by atoms with Crippen molar-refractivity contribution in [3.8, 4) is 5.75 Å². The van der Waals surface area contributed by atoms with Gasteiger partial charge in [0.2, 0.25) is 0 Å².